The monoisotopic (exact) mass is 368 g/mol. The van der Waals surface area contributed by atoms with E-state index >= 15 is 0 Å². The van der Waals surface area contributed by atoms with Gasteiger partial charge < -0.3 is 20.3 Å². The number of carbonyl (C=O) groups is 1. The number of anilines is 1. The van der Waals surface area contributed by atoms with E-state index in [2.05, 4.69) is 26.9 Å². The maximum atomic E-state index is 12.7. The van der Waals surface area contributed by atoms with Crippen molar-refractivity contribution in [1.29, 1.82) is 0 Å². The fraction of sp³-hybridized carbons (Fsp3) is 0.474. The first-order chi connectivity index (χ1) is 13.0. The fourth-order valence-corrected chi connectivity index (χ4v) is 4.32. The lowest BCUT2D eigenvalue weighted by Crippen LogP contribution is -2.61. The van der Waals surface area contributed by atoms with Crippen LogP contribution < -0.4 is 10.5 Å². The normalized spacial score (nSPS) is 21.3. The van der Waals surface area contributed by atoms with Gasteiger partial charge in [0.2, 0.25) is 11.9 Å². The van der Waals surface area contributed by atoms with Crippen LogP contribution in [0.3, 0.4) is 0 Å². The third-order valence-electron chi connectivity index (χ3n) is 5.60. The number of ether oxygens (including phenoxy) is 1. The lowest BCUT2D eigenvalue weighted by molar-refractivity contribution is -0.142. The minimum Gasteiger partial charge on any atom is -0.495 e. The number of likely N-dealkylation sites (tertiary alicyclic amines) is 2. The van der Waals surface area contributed by atoms with Crippen molar-refractivity contribution in [3.05, 3.63) is 42.0 Å². The van der Waals surface area contributed by atoms with Crippen molar-refractivity contribution in [1.82, 2.24) is 24.8 Å². The number of rotatable bonds is 4. The zero-order valence-electron chi connectivity index (χ0n) is 15.6. The van der Waals surface area contributed by atoms with Crippen LogP contribution in [0.15, 0.2) is 30.6 Å². The number of carbonyl (C=O) groups excluding carboxylic acids is 1. The van der Waals surface area contributed by atoms with Gasteiger partial charge in [-0.1, -0.05) is 0 Å². The van der Waals surface area contributed by atoms with E-state index < -0.39 is 0 Å². The highest BCUT2D eigenvalue weighted by atomic mass is 16.5. The molecule has 2 aromatic heterocycles. The summed E-state index contributed by atoms with van der Waals surface area (Å²) in [6.07, 6.45) is 3.66. The minimum absolute atomic E-state index is 0.0402. The molecule has 1 spiro atoms. The van der Waals surface area contributed by atoms with Gasteiger partial charge in [-0.05, 0) is 25.2 Å². The summed E-state index contributed by atoms with van der Waals surface area (Å²) in [5.41, 5.74) is 7.54. The number of aromatic nitrogens is 3. The molecule has 0 bridgehead atoms. The second-order valence-electron chi connectivity index (χ2n) is 7.57. The van der Waals surface area contributed by atoms with Crippen LogP contribution in [-0.2, 0) is 11.2 Å². The summed E-state index contributed by atoms with van der Waals surface area (Å²) >= 11 is 0. The first kappa shape index (κ1) is 17.7. The molecule has 1 unspecified atom stereocenters. The van der Waals surface area contributed by atoms with Crippen molar-refractivity contribution >= 4 is 11.9 Å². The van der Waals surface area contributed by atoms with Crippen molar-refractivity contribution in [2.45, 2.75) is 12.3 Å². The first-order valence-corrected chi connectivity index (χ1v) is 9.03. The van der Waals surface area contributed by atoms with Gasteiger partial charge in [-0.3, -0.25) is 9.78 Å². The van der Waals surface area contributed by atoms with Gasteiger partial charge in [0.25, 0.3) is 0 Å². The van der Waals surface area contributed by atoms with Crippen LogP contribution >= 0.6 is 0 Å². The Balaban J connectivity index is 1.43. The van der Waals surface area contributed by atoms with Crippen LogP contribution in [0.2, 0.25) is 0 Å². The highest BCUT2D eigenvalue weighted by Crippen LogP contribution is 2.48. The molecule has 0 aromatic carbocycles. The molecule has 142 valence electrons. The van der Waals surface area contributed by atoms with E-state index in [0.29, 0.717) is 18.1 Å². The van der Waals surface area contributed by atoms with Gasteiger partial charge in [-0.25, -0.2) is 9.97 Å². The molecule has 8 nitrogen and oxygen atoms in total. The molecule has 0 saturated carbocycles. The number of nitrogens with zero attached hydrogens (tertiary/aromatic N) is 5. The second kappa shape index (κ2) is 6.77. The molecular weight excluding hydrogens is 344 g/mol. The molecule has 27 heavy (non-hydrogen) atoms. The van der Waals surface area contributed by atoms with Crippen molar-refractivity contribution in [2.75, 3.05) is 46.1 Å². The smallest absolute Gasteiger partial charge is 0.228 e. The molecule has 2 aromatic rings. The summed E-state index contributed by atoms with van der Waals surface area (Å²) in [5, 5.41) is 0. The predicted molar refractivity (Wildman–Crippen MR) is 100 cm³/mol. The number of pyridine rings is 1. The quantitative estimate of drug-likeness (QED) is 0.842. The van der Waals surface area contributed by atoms with Crippen LogP contribution in [0.5, 0.6) is 5.75 Å². The highest BCUT2D eigenvalue weighted by molar-refractivity contribution is 5.79. The van der Waals surface area contributed by atoms with Gasteiger partial charge in [0, 0.05) is 49.4 Å². The van der Waals surface area contributed by atoms with Gasteiger partial charge in [0.05, 0.1) is 25.4 Å². The maximum Gasteiger partial charge on any atom is 0.228 e. The van der Waals surface area contributed by atoms with Crippen LogP contribution in [0, 0.1) is 5.41 Å². The lowest BCUT2D eigenvalue weighted by Gasteiger charge is -2.51. The molecule has 2 fully saturated rings. The molecule has 2 aliphatic heterocycles. The number of hydrogen-bond donors (Lipinski definition) is 1. The van der Waals surface area contributed by atoms with Crippen molar-refractivity contribution in [3.8, 4) is 5.75 Å². The largest absolute Gasteiger partial charge is 0.495 e. The van der Waals surface area contributed by atoms with Gasteiger partial charge in [0.15, 0.2) is 0 Å². The van der Waals surface area contributed by atoms with E-state index in [-0.39, 0.29) is 17.2 Å². The Labute approximate surface area is 158 Å². The molecule has 8 heteroatoms. The Kier molecular flexibility index (Phi) is 4.43. The average Bonchev–Trinajstić information content (AvgIpc) is 2.99. The Hall–Kier alpha value is -2.74. The summed E-state index contributed by atoms with van der Waals surface area (Å²) < 4.78 is 5.11. The molecule has 2 aliphatic rings. The summed E-state index contributed by atoms with van der Waals surface area (Å²) in [6.45, 7) is 3.34. The van der Waals surface area contributed by atoms with Gasteiger partial charge in [0.1, 0.15) is 5.75 Å². The van der Waals surface area contributed by atoms with Crippen molar-refractivity contribution < 1.29 is 9.53 Å². The van der Waals surface area contributed by atoms with Gasteiger partial charge >= 0.3 is 0 Å². The number of likely N-dealkylation sites (N-methyl/N-ethyl adjacent to an activating group) is 1. The van der Waals surface area contributed by atoms with Gasteiger partial charge in [-0.2, -0.15) is 0 Å². The number of hydrogen-bond acceptors (Lipinski definition) is 7. The summed E-state index contributed by atoms with van der Waals surface area (Å²) in [7, 11) is 3.71. The summed E-state index contributed by atoms with van der Waals surface area (Å²) in [5.74, 6) is 1.36. The number of nitrogens with two attached hydrogens (primary N) is 1. The van der Waals surface area contributed by atoms with E-state index in [1.807, 2.05) is 23.1 Å². The lowest BCUT2D eigenvalue weighted by atomic mass is 9.70. The molecule has 1 amide bonds. The maximum absolute atomic E-state index is 12.7. The Morgan fingerprint density at radius 1 is 1.30 bits per heavy atom. The van der Waals surface area contributed by atoms with Crippen molar-refractivity contribution in [3.63, 3.8) is 0 Å². The molecule has 4 rings (SSSR count). The van der Waals surface area contributed by atoms with Crippen LogP contribution in [0.4, 0.5) is 5.95 Å². The van der Waals surface area contributed by atoms with Crippen LogP contribution in [0.1, 0.15) is 17.3 Å². The highest BCUT2D eigenvalue weighted by Gasteiger charge is 2.55. The molecule has 4 heterocycles. The molecule has 2 saturated heterocycles. The molecule has 0 aliphatic carbocycles. The molecular formula is C19H24N6O2. The van der Waals surface area contributed by atoms with Gasteiger partial charge in [-0.15, -0.1) is 0 Å². The van der Waals surface area contributed by atoms with E-state index in [0.717, 1.165) is 37.6 Å². The zero-order valence-corrected chi connectivity index (χ0v) is 15.6. The predicted octanol–water partition coefficient (Wildman–Crippen LogP) is 0.563. The number of nitrogen functional groups attached to an aromatic ring is 1. The molecule has 1 atom stereocenters. The molecule has 2 N–H and O–H groups in total. The summed E-state index contributed by atoms with van der Waals surface area (Å²) in [4.78, 5) is 29.6. The third-order valence-corrected chi connectivity index (χ3v) is 5.60. The number of methoxy groups -OCH3 is 1. The zero-order chi connectivity index (χ0) is 19.0. The van der Waals surface area contributed by atoms with E-state index in [9.17, 15) is 4.79 Å². The third kappa shape index (κ3) is 3.32. The first-order valence-electron chi connectivity index (χ1n) is 9.03. The van der Waals surface area contributed by atoms with Crippen LogP contribution in [0.25, 0.3) is 0 Å². The Morgan fingerprint density at radius 2 is 2.11 bits per heavy atom. The topological polar surface area (TPSA) is 97.5 Å². The van der Waals surface area contributed by atoms with E-state index in [1.165, 1.54) is 0 Å². The summed E-state index contributed by atoms with van der Waals surface area (Å²) in [6, 6.07) is 5.60. The standard InChI is InChI=1S/C19H24N6O2/c1-24-9-15(16-5-6-21-18(20)23-16)19(10-24)11-25(12-19)17(26)7-13-3-4-14(27-2)8-22-13/h3-6,8,15H,7,9-12H2,1-2H3,(H2,20,21,23). The SMILES string of the molecule is COc1ccc(CC(=O)N2CC3(CN(C)CC3c3ccnc(N)n3)C2)nc1. The van der Waals surface area contributed by atoms with E-state index in [4.69, 9.17) is 10.5 Å². The second-order valence-corrected chi connectivity index (χ2v) is 7.57. The van der Waals surface area contributed by atoms with Crippen LogP contribution in [-0.4, -0.2) is 71.0 Å². The minimum atomic E-state index is 0.0402. The van der Waals surface area contributed by atoms with Crippen molar-refractivity contribution in [2.24, 2.45) is 5.41 Å². The Morgan fingerprint density at radius 3 is 2.78 bits per heavy atom. The molecule has 0 radical (unpaired) electrons. The van der Waals surface area contributed by atoms with E-state index in [1.54, 1.807) is 19.5 Å². The fourth-order valence-electron chi connectivity index (χ4n) is 4.32. The average molecular weight is 368 g/mol. The Bertz CT molecular complexity index is 834. The number of amides is 1.